The van der Waals surface area contributed by atoms with E-state index in [0.29, 0.717) is 16.3 Å². The second-order valence-electron chi connectivity index (χ2n) is 5.76. The standard InChI is InChI=1S/C18H14ClF3N2O3/c19-12-3-6-14-11(7-12)8-15(24-14)17(26)23-9-16(25)10-1-4-13(5-2-10)27-18(20,21)22/h1-8,16,24-25H,9H2,(H,23,26). The molecule has 1 amide bonds. The number of amides is 1. The lowest BCUT2D eigenvalue weighted by molar-refractivity contribution is -0.274. The van der Waals surface area contributed by atoms with Crippen molar-refractivity contribution in [2.45, 2.75) is 12.5 Å². The minimum absolute atomic E-state index is 0.117. The number of aliphatic hydroxyl groups excluding tert-OH is 1. The molecule has 1 atom stereocenters. The Hall–Kier alpha value is -2.71. The van der Waals surface area contributed by atoms with Gasteiger partial charge in [-0.3, -0.25) is 4.79 Å². The van der Waals surface area contributed by atoms with Gasteiger partial charge >= 0.3 is 6.36 Å². The Bertz CT molecular complexity index is 955. The van der Waals surface area contributed by atoms with Crippen molar-refractivity contribution >= 4 is 28.4 Å². The van der Waals surface area contributed by atoms with E-state index in [9.17, 15) is 23.1 Å². The molecule has 0 bridgehead atoms. The minimum atomic E-state index is -4.78. The molecule has 1 heterocycles. The van der Waals surface area contributed by atoms with Crippen molar-refractivity contribution in [2.24, 2.45) is 0 Å². The van der Waals surface area contributed by atoms with Crippen LogP contribution in [-0.4, -0.2) is 28.9 Å². The number of fused-ring (bicyclic) bond motifs is 1. The van der Waals surface area contributed by atoms with Crippen LogP contribution in [0, 0.1) is 0 Å². The Balaban J connectivity index is 1.60. The van der Waals surface area contributed by atoms with E-state index in [2.05, 4.69) is 15.0 Å². The van der Waals surface area contributed by atoms with Crippen molar-refractivity contribution in [1.82, 2.24) is 10.3 Å². The van der Waals surface area contributed by atoms with E-state index < -0.39 is 18.4 Å². The lowest BCUT2D eigenvalue weighted by Gasteiger charge is -2.13. The summed E-state index contributed by atoms with van der Waals surface area (Å²) < 4.78 is 40.2. The van der Waals surface area contributed by atoms with Crippen LogP contribution >= 0.6 is 11.6 Å². The quantitative estimate of drug-likeness (QED) is 0.603. The number of benzene rings is 2. The van der Waals surface area contributed by atoms with Gasteiger partial charge in [-0.15, -0.1) is 13.2 Å². The summed E-state index contributed by atoms with van der Waals surface area (Å²) in [6, 6.07) is 11.6. The molecule has 0 saturated carbocycles. The molecule has 27 heavy (non-hydrogen) atoms. The van der Waals surface area contributed by atoms with E-state index in [0.717, 1.165) is 23.0 Å². The molecule has 0 saturated heterocycles. The molecule has 1 unspecified atom stereocenters. The Morgan fingerprint density at radius 3 is 2.56 bits per heavy atom. The van der Waals surface area contributed by atoms with Crippen molar-refractivity contribution in [3.8, 4) is 5.75 Å². The third-order valence-corrected chi connectivity index (χ3v) is 4.02. The van der Waals surface area contributed by atoms with Gasteiger partial charge in [0.1, 0.15) is 11.4 Å². The Kier molecular flexibility index (Phi) is 5.29. The van der Waals surface area contributed by atoms with Gasteiger partial charge in [-0.25, -0.2) is 0 Å². The molecule has 0 fully saturated rings. The fourth-order valence-electron chi connectivity index (χ4n) is 2.52. The molecule has 0 aliphatic carbocycles. The summed E-state index contributed by atoms with van der Waals surface area (Å²) in [5.41, 5.74) is 1.38. The van der Waals surface area contributed by atoms with Gasteiger partial charge in [0.2, 0.25) is 0 Å². The van der Waals surface area contributed by atoms with Crippen LogP contribution in [0.1, 0.15) is 22.2 Å². The number of H-pyrrole nitrogens is 1. The predicted molar refractivity (Wildman–Crippen MR) is 93.7 cm³/mol. The number of carbonyl (C=O) groups excluding carboxylic acids is 1. The predicted octanol–water partition coefficient (Wildman–Crippen LogP) is 4.18. The summed E-state index contributed by atoms with van der Waals surface area (Å²) in [4.78, 5) is 15.2. The molecule has 5 nitrogen and oxygen atoms in total. The molecule has 0 aliphatic rings. The van der Waals surface area contributed by atoms with E-state index in [1.807, 2.05) is 0 Å². The van der Waals surface area contributed by atoms with E-state index >= 15 is 0 Å². The van der Waals surface area contributed by atoms with Crippen LogP contribution in [-0.2, 0) is 0 Å². The topological polar surface area (TPSA) is 74.3 Å². The van der Waals surface area contributed by atoms with Gasteiger partial charge in [-0.2, -0.15) is 0 Å². The van der Waals surface area contributed by atoms with Gasteiger partial charge < -0.3 is 20.1 Å². The monoisotopic (exact) mass is 398 g/mol. The fourth-order valence-corrected chi connectivity index (χ4v) is 2.70. The number of carbonyl (C=O) groups is 1. The number of alkyl halides is 3. The first kappa shape index (κ1) is 19.1. The van der Waals surface area contributed by atoms with E-state index in [4.69, 9.17) is 11.6 Å². The molecule has 0 aliphatic heterocycles. The van der Waals surface area contributed by atoms with Crippen LogP contribution in [0.25, 0.3) is 10.9 Å². The Morgan fingerprint density at radius 2 is 1.89 bits per heavy atom. The second-order valence-corrected chi connectivity index (χ2v) is 6.19. The van der Waals surface area contributed by atoms with Gasteiger partial charge in [0.15, 0.2) is 0 Å². The number of aliphatic hydroxyl groups is 1. The highest BCUT2D eigenvalue weighted by atomic mass is 35.5. The van der Waals surface area contributed by atoms with E-state index in [1.165, 1.54) is 12.1 Å². The lowest BCUT2D eigenvalue weighted by atomic mass is 10.1. The molecule has 3 rings (SSSR count). The number of hydrogen-bond acceptors (Lipinski definition) is 3. The highest BCUT2D eigenvalue weighted by Gasteiger charge is 2.31. The zero-order valence-corrected chi connectivity index (χ0v) is 14.4. The lowest BCUT2D eigenvalue weighted by Crippen LogP contribution is -2.28. The SMILES string of the molecule is O=C(NCC(O)c1ccc(OC(F)(F)F)cc1)c1cc2cc(Cl)ccc2[nH]1. The van der Waals surface area contributed by atoms with Crippen molar-refractivity contribution in [3.63, 3.8) is 0 Å². The smallest absolute Gasteiger partial charge is 0.406 e. The number of hydrogen-bond donors (Lipinski definition) is 3. The molecule has 3 aromatic rings. The summed E-state index contributed by atoms with van der Waals surface area (Å²) in [6.07, 6.45) is -5.87. The normalized spacial score (nSPS) is 12.8. The van der Waals surface area contributed by atoms with Crippen molar-refractivity contribution in [2.75, 3.05) is 6.54 Å². The van der Waals surface area contributed by atoms with Crippen molar-refractivity contribution in [3.05, 3.63) is 64.8 Å². The summed E-state index contributed by atoms with van der Waals surface area (Å²) in [7, 11) is 0. The summed E-state index contributed by atoms with van der Waals surface area (Å²) >= 11 is 5.91. The maximum Gasteiger partial charge on any atom is 0.573 e. The van der Waals surface area contributed by atoms with Crippen LogP contribution in [0.4, 0.5) is 13.2 Å². The maximum absolute atomic E-state index is 12.2. The number of nitrogens with one attached hydrogen (secondary N) is 2. The zero-order valence-electron chi connectivity index (χ0n) is 13.7. The largest absolute Gasteiger partial charge is 0.573 e. The van der Waals surface area contributed by atoms with Gasteiger partial charge in [0.05, 0.1) is 6.10 Å². The van der Waals surface area contributed by atoms with Gasteiger partial charge in [0, 0.05) is 22.5 Å². The number of halogens is 4. The second kappa shape index (κ2) is 7.50. The van der Waals surface area contributed by atoms with E-state index in [1.54, 1.807) is 24.3 Å². The average Bonchev–Trinajstić information content (AvgIpc) is 3.01. The first-order valence-electron chi connectivity index (χ1n) is 7.81. The summed E-state index contributed by atoms with van der Waals surface area (Å²) in [5.74, 6) is -0.822. The maximum atomic E-state index is 12.2. The van der Waals surface area contributed by atoms with Crippen molar-refractivity contribution < 1.29 is 27.8 Å². The molecule has 0 radical (unpaired) electrons. The van der Waals surface area contributed by atoms with Gasteiger partial charge in [0.25, 0.3) is 5.91 Å². The zero-order chi connectivity index (χ0) is 19.6. The molecular formula is C18H14ClF3N2O3. The first-order chi connectivity index (χ1) is 12.7. The van der Waals surface area contributed by atoms with Crippen LogP contribution in [0.15, 0.2) is 48.5 Å². The highest BCUT2D eigenvalue weighted by Crippen LogP contribution is 2.24. The molecule has 9 heteroatoms. The van der Waals surface area contributed by atoms with Crippen LogP contribution in [0.5, 0.6) is 5.75 Å². The van der Waals surface area contributed by atoms with Crippen LogP contribution in [0.3, 0.4) is 0 Å². The van der Waals surface area contributed by atoms with E-state index in [-0.39, 0.29) is 12.3 Å². The minimum Gasteiger partial charge on any atom is -0.406 e. The van der Waals surface area contributed by atoms with Crippen molar-refractivity contribution in [1.29, 1.82) is 0 Å². The van der Waals surface area contributed by atoms with Crippen LogP contribution in [0.2, 0.25) is 5.02 Å². The number of aromatic amines is 1. The fraction of sp³-hybridized carbons (Fsp3) is 0.167. The van der Waals surface area contributed by atoms with Crippen LogP contribution < -0.4 is 10.1 Å². The van der Waals surface area contributed by atoms with Gasteiger partial charge in [-0.05, 0) is 42.0 Å². The summed E-state index contributed by atoms with van der Waals surface area (Å²) in [6.45, 7) is -0.117. The number of rotatable bonds is 5. The van der Waals surface area contributed by atoms with Gasteiger partial charge in [-0.1, -0.05) is 23.7 Å². The Labute approximate surface area is 156 Å². The first-order valence-corrected chi connectivity index (χ1v) is 8.19. The molecular weight excluding hydrogens is 385 g/mol. The highest BCUT2D eigenvalue weighted by molar-refractivity contribution is 6.31. The number of ether oxygens (including phenoxy) is 1. The Morgan fingerprint density at radius 1 is 1.19 bits per heavy atom. The molecule has 0 spiro atoms. The summed E-state index contributed by atoms with van der Waals surface area (Å²) in [5, 5.41) is 14.0. The average molecular weight is 399 g/mol. The molecule has 3 N–H and O–H groups in total. The number of aromatic nitrogens is 1. The molecule has 142 valence electrons. The molecule has 2 aromatic carbocycles. The third-order valence-electron chi connectivity index (χ3n) is 3.78. The third kappa shape index (κ3) is 4.93. The molecule has 1 aromatic heterocycles.